The van der Waals surface area contributed by atoms with Crippen molar-refractivity contribution in [1.82, 2.24) is 5.32 Å². The van der Waals surface area contributed by atoms with Gasteiger partial charge in [0.25, 0.3) is 5.91 Å². The molecule has 2 atom stereocenters. The molecule has 1 amide bonds. The van der Waals surface area contributed by atoms with Gasteiger partial charge < -0.3 is 24.4 Å². The van der Waals surface area contributed by atoms with Gasteiger partial charge in [-0.05, 0) is 51.8 Å². The number of aryl methyl sites for hydroxylation is 2. The molecule has 0 saturated carbocycles. The van der Waals surface area contributed by atoms with Crippen molar-refractivity contribution in [3.8, 4) is 5.75 Å². The normalized spacial score (nSPS) is 13.2. The van der Waals surface area contributed by atoms with Crippen molar-refractivity contribution in [3.63, 3.8) is 0 Å². The number of hydrogen-bond donors (Lipinski definition) is 1. The number of fused-ring (bicyclic) bond motifs is 1. The average molecular weight is 388 g/mol. The summed E-state index contributed by atoms with van der Waals surface area (Å²) in [6.07, 6.45) is 0.843. The van der Waals surface area contributed by atoms with Crippen LogP contribution in [0, 0.1) is 20.8 Å². The van der Waals surface area contributed by atoms with Crippen molar-refractivity contribution in [2.24, 2.45) is 0 Å². The van der Waals surface area contributed by atoms with E-state index in [2.05, 4.69) is 5.32 Å². The number of unbranched alkanes of at least 4 members (excludes halogenated alkanes) is 1. The van der Waals surface area contributed by atoms with E-state index in [9.17, 15) is 19.5 Å². The Kier molecular flexibility index (Phi) is 6.83. The lowest BCUT2D eigenvalue weighted by Gasteiger charge is -2.23. The monoisotopic (exact) mass is 388 g/mol. The first-order valence-corrected chi connectivity index (χ1v) is 9.38. The van der Waals surface area contributed by atoms with Crippen molar-refractivity contribution < 1.29 is 23.8 Å². The molecule has 1 N–H and O–H groups in total. The molecule has 0 aliphatic carbocycles. The Balaban J connectivity index is 2.22. The maximum absolute atomic E-state index is 12.4. The first-order valence-electron chi connectivity index (χ1n) is 9.38. The summed E-state index contributed by atoms with van der Waals surface area (Å²) < 4.78 is 11.1. The van der Waals surface area contributed by atoms with Crippen molar-refractivity contribution in [3.05, 3.63) is 39.2 Å². The van der Waals surface area contributed by atoms with Crippen molar-refractivity contribution in [1.29, 1.82) is 0 Å². The number of nitrogens with one attached hydrogen (secondary N) is 1. The highest BCUT2D eigenvalue weighted by molar-refractivity contribution is 5.87. The summed E-state index contributed by atoms with van der Waals surface area (Å²) in [6.45, 7) is 8.76. The van der Waals surface area contributed by atoms with Crippen LogP contribution in [0.2, 0.25) is 0 Å². The van der Waals surface area contributed by atoms with E-state index in [1.54, 1.807) is 26.0 Å². The van der Waals surface area contributed by atoms with Crippen molar-refractivity contribution in [2.45, 2.75) is 66.0 Å². The SMILES string of the molecule is CCCC[C@H](NC(=O)[C@@H](C)Oc1ccc2c(C)c(C)c(=O)oc2c1C)C(=O)[O-]. The second kappa shape index (κ2) is 8.91. The zero-order chi connectivity index (χ0) is 21.0. The van der Waals surface area contributed by atoms with Gasteiger partial charge >= 0.3 is 5.63 Å². The van der Waals surface area contributed by atoms with Crippen LogP contribution in [0.3, 0.4) is 0 Å². The second-order valence-corrected chi connectivity index (χ2v) is 6.99. The molecular weight excluding hydrogens is 362 g/mol. The molecule has 2 rings (SSSR count). The van der Waals surface area contributed by atoms with Gasteiger partial charge in [0.2, 0.25) is 0 Å². The van der Waals surface area contributed by atoms with E-state index in [4.69, 9.17) is 9.15 Å². The number of carboxylic acid groups (broad SMARTS) is 1. The van der Waals surface area contributed by atoms with Gasteiger partial charge in [0.15, 0.2) is 6.10 Å². The zero-order valence-corrected chi connectivity index (χ0v) is 16.9. The van der Waals surface area contributed by atoms with E-state index in [1.807, 2.05) is 13.8 Å². The Morgan fingerprint density at radius 3 is 2.46 bits per heavy atom. The molecule has 28 heavy (non-hydrogen) atoms. The maximum Gasteiger partial charge on any atom is 0.339 e. The van der Waals surface area contributed by atoms with Gasteiger partial charge in [0, 0.05) is 16.5 Å². The molecule has 1 aromatic heterocycles. The minimum Gasteiger partial charge on any atom is -0.548 e. The van der Waals surface area contributed by atoms with E-state index < -0.39 is 29.6 Å². The third kappa shape index (κ3) is 4.52. The number of rotatable bonds is 8. The number of carbonyl (C=O) groups excluding carboxylic acids is 2. The van der Waals surface area contributed by atoms with Crippen LogP contribution in [-0.2, 0) is 9.59 Å². The molecule has 0 unspecified atom stereocenters. The van der Waals surface area contributed by atoms with Crippen LogP contribution in [0.1, 0.15) is 49.8 Å². The van der Waals surface area contributed by atoms with E-state index in [0.29, 0.717) is 35.3 Å². The van der Waals surface area contributed by atoms with Gasteiger partial charge in [-0.25, -0.2) is 4.79 Å². The summed E-state index contributed by atoms with van der Waals surface area (Å²) in [5.41, 5.74) is 1.98. The predicted molar refractivity (Wildman–Crippen MR) is 103 cm³/mol. The van der Waals surface area contributed by atoms with Crippen LogP contribution in [0.5, 0.6) is 5.75 Å². The van der Waals surface area contributed by atoms with Gasteiger partial charge in [-0.15, -0.1) is 0 Å². The number of ether oxygens (including phenoxy) is 1. The van der Waals surface area contributed by atoms with Crippen LogP contribution in [-0.4, -0.2) is 24.0 Å². The molecule has 1 heterocycles. The van der Waals surface area contributed by atoms with Crippen LogP contribution in [0.15, 0.2) is 21.3 Å². The number of carbonyl (C=O) groups is 2. The molecule has 1 aromatic carbocycles. The molecule has 0 fully saturated rings. The van der Waals surface area contributed by atoms with Gasteiger partial charge in [-0.1, -0.05) is 19.8 Å². The molecule has 0 aliphatic rings. The summed E-state index contributed by atoms with van der Waals surface area (Å²) in [6, 6.07) is 2.43. The fourth-order valence-electron chi connectivity index (χ4n) is 2.94. The third-order valence-corrected chi connectivity index (χ3v) is 4.94. The highest BCUT2D eigenvalue weighted by atomic mass is 16.5. The Bertz CT molecular complexity index is 946. The molecule has 7 nitrogen and oxygen atoms in total. The highest BCUT2D eigenvalue weighted by Gasteiger charge is 2.21. The lowest BCUT2D eigenvalue weighted by molar-refractivity contribution is -0.308. The number of benzene rings is 1. The van der Waals surface area contributed by atoms with Crippen LogP contribution in [0.4, 0.5) is 0 Å². The standard InChI is InChI=1S/C21H27NO6/c1-6-7-8-16(20(24)25)22-19(23)14(5)27-17-10-9-15-11(2)12(3)21(26)28-18(15)13(17)4/h9-10,14,16H,6-8H2,1-5H3,(H,22,23)(H,24,25)/p-1/t14-,16+/m1/s1. The predicted octanol–water partition coefficient (Wildman–Crippen LogP) is 1.91. The second-order valence-electron chi connectivity index (χ2n) is 6.99. The lowest BCUT2D eigenvalue weighted by Crippen LogP contribution is -2.51. The molecule has 2 aromatic rings. The Hall–Kier alpha value is -2.83. The van der Waals surface area contributed by atoms with Crippen molar-refractivity contribution in [2.75, 3.05) is 0 Å². The molecule has 0 radical (unpaired) electrons. The summed E-state index contributed by atoms with van der Waals surface area (Å²) in [7, 11) is 0. The molecule has 0 bridgehead atoms. The van der Waals surface area contributed by atoms with Gasteiger partial charge in [0.1, 0.15) is 11.3 Å². The number of aliphatic carboxylic acids is 1. The van der Waals surface area contributed by atoms with Crippen molar-refractivity contribution >= 4 is 22.8 Å². The molecule has 152 valence electrons. The summed E-state index contributed by atoms with van der Waals surface area (Å²) in [5.74, 6) is -1.48. The highest BCUT2D eigenvalue weighted by Crippen LogP contribution is 2.29. The molecular formula is C21H26NO6-. The first kappa shape index (κ1) is 21.5. The number of carboxylic acids is 1. The maximum atomic E-state index is 12.4. The fraction of sp³-hybridized carbons (Fsp3) is 0.476. The van der Waals surface area contributed by atoms with Crippen LogP contribution in [0.25, 0.3) is 11.0 Å². The third-order valence-electron chi connectivity index (χ3n) is 4.94. The molecule has 0 aliphatic heterocycles. The van der Waals surface area contributed by atoms with Gasteiger partial charge in [-0.3, -0.25) is 4.79 Å². The minimum atomic E-state index is -1.32. The Labute approximate surface area is 163 Å². The summed E-state index contributed by atoms with van der Waals surface area (Å²) in [5, 5.41) is 14.5. The minimum absolute atomic E-state index is 0.302. The van der Waals surface area contributed by atoms with Gasteiger partial charge in [0.05, 0.1) is 12.0 Å². The quantitative estimate of drug-likeness (QED) is 0.692. The molecule has 7 heteroatoms. The van der Waals surface area contributed by atoms with Crippen LogP contribution >= 0.6 is 0 Å². The topological polar surface area (TPSA) is 109 Å². The van der Waals surface area contributed by atoms with E-state index in [1.165, 1.54) is 6.92 Å². The Morgan fingerprint density at radius 2 is 1.86 bits per heavy atom. The largest absolute Gasteiger partial charge is 0.548 e. The summed E-state index contributed by atoms with van der Waals surface area (Å²) in [4.78, 5) is 35.5. The average Bonchev–Trinajstić information content (AvgIpc) is 2.65. The van der Waals surface area contributed by atoms with Crippen LogP contribution < -0.4 is 20.8 Å². The van der Waals surface area contributed by atoms with Gasteiger partial charge in [-0.2, -0.15) is 0 Å². The molecule has 0 saturated heterocycles. The summed E-state index contributed by atoms with van der Waals surface area (Å²) >= 11 is 0. The van der Waals surface area contributed by atoms with E-state index in [-0.39, 0.29) is 0 Å². The smallest absolute Gasteiger partial charge is 0.339 e. The fourth-order valence-corrected chi connectivity index (χ4v) is 2.94. The van der Waals surface area contributed by atoms with E-state index in [0.717, 1.165) is 17.4 Å². The molecule has 0 spiro atoms. The first-order chi connectivity index (χ1) is 13.2. The number of hydrogen-bond acceptors (Lipinski definition) is 6. The Morgan fingerprint density at radius 1 is 1.18 bits per heavy atom. The van der Waals surface area contributed by atoms with E-state index >= 15 is 0 Å². The number of amides is 1. The zero-order valence-electron chi connectivity index (χ0n) is 16.9. The lowest BCUT2D eigenvalue weighted by atomic mass is 10.0.